The third kappa shape index (κ3) is 4.74. The van der Waals surface area contributed by atoms with Gasteiger partial charge >= 0.3 is 12.0 Å². The molecule has 0 saturated heterocycles. The fourth-order valence-electron chi connectivity index (χ4n) is 3.07. The molecule has 7 heteroatoms. The first-order chi connectivity index (χ1) is 13.1. The number of ether oxygens (including phenoxy) is 1. The Balaban J connectivity index is 1.80. The second kappa shape index (κ2) is 8.81. The first kappa shape index (κ1) is 19.1. The molecule has 0 bridgehead atoms. The van der Waals surface area contributed by atoms with E-state index in [1.165, 1.54) is 35.2 Å². The average molecular weight is 386 g/mol. The van der Waals surface area contributed by atoms with Gasteiger partial charge < -0.3 is 10.1 Å². The van der Waals surface area contributed by atoms with E-state index in [9.17, 15) is 14.4 Å². The van der Waals surface area contributed by atoms with Crippen molar-refractivity contribution in [2.75, 3.05) is 7.05 Å². The van der Waals surface area contributed by atoms with Crippen molar-refractivity contribution in [3.05, 3.63) is 57.3 Å². The summed E-state index contributed by atoms with van der Waals surface area (Å²) in [6.45, 7) is 0. The molecule has 1 heterocycles. The van der Waals surface area contributed by atoms with Gasteiger partial charge in [-0.2, -0.15) is 0 Å². The summed E-state index contributed by atoms with van der Waals surface area (Å²) < 4.78 is 5.52. The highest BCUT2D eigenvalue weighted by atomic mass is 32.1. The van der Waals surface area contributed by atoms with Crippen molar-refractivity contribution < 1.29 is 19.1 Å². The van der Waals surface area contributed by atoms with Gasteiger partial charge in [-0.05, 0) is 37.3 Å². The smallest absolute Gasteiger partial charge is 0.349 e. The molecule has 6 nitrogen and oxygen atoms in total. The molecule has 2 N–H and O–H groups in total. The summed E-state index contributed by atoms with van der Waals surface area (Å²) in [5.74, 6) is -1.24. The molecule has 0 radical (unpaired) electrons. The summed E-state index contributed by atoms with van der Waals surface area (Å²) in [4.78, 5) is 38.4. The number of imide groups is 1. The highest BCUT2D eigenvalue weighted by Crippen LogP contribution is 2.30. The Kier molecular flexibility index (Phi) is 6.24. The fraction of sp³-hybridized carbons (Fsp3) is 0.350. The minimum absolute atomic E-state index is 0.496. The van der Waals surface area contributed by atoms with E-state index in [0.29, 0.717) is 10.4 Å². The molecule has 2 aromatic rings. The molecule has 0 fully saturated rings. The summed E-state index contributed by atoms with van der Waals surface area (Å²) in [7, 11) is 1.41. The van der Waals surface area contributed by atoms with Crippen LogP contribution >= 0.6 is 11.3 Å². The SMILES string of the molecule is CNC(=O)NC(=O)[C@H](OC(=O)c1cc2c(s1)CCCCC2)c1ccccc1. The number of hydrogen-bond donors (Lipinski definition) is 2. The van der Waals surface area contributed by atoms with Crippen molar-refractivity contribution in [2.24, 2.45) is 0 Å². The molecule has 3 amide bonds. The number of carbonyl (C=O) groups is 3. The lowest BCUT2D eigenvalue weighted by molar-refractivity contribution is -0.129. The van der Waals surface area contributed by atoms with E-state index in [0.717, 1.165) is 25.7 Å². The van der Waals surface area contributed by atoms with Crippen LogP contribution in [0.15, 0.2) is 36.4 Å². The van der Waals surface area contributed by atoms with Crippen LogP contribution in [-0.2, 0) is 22.4 Å². The maximum absolute atomic E-state index is 12.7. The zero-order valence-corrected chi connectivity index (χ0v) is 15.9. The van der Waals surface area contributed by atoms with Crippen LogP contribution in [-0.4, -0.2) is 25.0 Å². The van der Waals surface area contributed by atoms with Crippen LogP contribution in [0.3, 0.4) is 0 Å². The fourth-order valence-corrected chi connectivity index (χ4v) is 4.21. The molecular formula is C20H22N2O4S. The van der Waals surface area contributed by atoms with Crippen LogP contribution in [0.5, 0.6) is 0 Å². The second-order valence-electron chi connectivity index (χ2n) is 6.38. The Morgan fingerprint density at radius 1 is 1.07 bits per heavy atom. The topological polar surface area (TPSA) is 84.5 Å². The molecule has 3 rings (SSSR count). The lowest BCUT2D eigenvalue weighted by atomic mass is 10.1. The van der Waals surface area contributed by atoms with E-state index in [4.69, 9.17) is 4.74 Å². The quantitative estimate of drug-likeness (QED) is 0.623. The van der Waals surface area contributed by atoms with Crippen molar-refractivity contribution in [3.63, 3.8) is 0 Å². The normalized spacial score (nSPS) is 14.4. The molecule has 0 saturated carbocycles. The Labute approximate surface area is 161 Å². The summed E-state index contributed by atoms with van der Waals surface area (Å²) >= 11 is 1.44. The molecule has 0 unspecified atom stereocenters. The zero-order valence-electron chi connectivity index (χ0n) is 15.1. The summed E-state index contributed by atoms with van der Waals surface area (Å²) in [5.41, 5.74) is 1.71. The first-order valence-electron chi connectivity index (χ1n) is 8.98. The molecule has 0 spiro atoms. The molecule has 1 aromatic carbocycles. The van der Waals surface area contributed by atoms with Gasteiger partial charge in [0.25, 0.3) is 5.91 Å². The Morgan fingerprint density at radius 2 is 1.81 bits per heavy atom. The lowest BCUT2D eigenvalue weighted by Crippen LogP contribution is -2.41. The molecule has 1 aliphatic rings. The van der Waals surface area contributed by atoms with Crippen LogP contribution in [0.2, 0.25) is 0 Å². The lowest BCUT2D eigenvalue weighted by Gasteiger charge is -2.17. The van der Waals surface area contributed by atoms with Gasteiger partial charge in [-0.1, -0.05) is 36.8 Å². The third-order valence-corrected chi connectivity index (χ3v) is 5.69. The second-order valence-corrected chi connectivity index (χ2v) is 7.52. The van der Waals surface area contributed by atoms with Crippen molar-refractivity contribution in [3.8, 4) is 0 Å². The predicted octanol–water partition coefficient (Wildman–Crippen LogP) is 3.37. The minimum Gasteiger partial charge on any atom is -0.443 e. The Hall–Kier alpha value is -2.67. The zero-order chi connectivity index (χ0) is 19.2. The summed E-state index contributed by atoms with van der Waals surface area (Å²) in [6.07, 6.45) is 4.21. The number of amides is 3. The molecular weight excluding hydrogens is 364 g/mol. The van der Waals surface area contributed by atoms with E-state index >= 15 is 0 Å². The number of hydrogen-bond acceptors (Lipinski definition) is 5. The van der Waals surface area contributed by atoms with Gasteiger partial charge in [0, 0.05) is 17.5 Å². The van der Waals surface area contributed by atoms with Gasteiger partial charge in [-0.3, -0.25) is 10.1 Å². The number of esters is 1. The van der Waals surface area contributed by atoms with E-state index in [1.54, 1.807) is 30.3 Å². The first-order valence-corrected chi connectivity index (χ1v) is 9.80. The highest BCUT2D eigenvalue weighted by molar-refractivity contribution is 7.14. The number of benzene rings is 1. The van der Waals surface area contributed by atoms with Gasteiger partial charge in [-0.25, -0.2) is 9.59 Å². The van der Waals surface area contributed by atoms with Crippen LogP contribution < -0.4 is 10.6 Å². The Morgan fingerprint density at radius 3 is 2.56 bits per heavy atom. The minimum atomic E-state index is -1.20. The molecule has 1 aliphatic carbocycles. The van der Waals surface area contributed by atoms with Crippen LogP contribution in [0.4, 0.5) is 4.79 Å². The number of aryl methyl sites for hydroxylation is 2. The number of urea groups is 1. The summed E-state index contributed by atoms with van der Waals surface area (Å²) in [6, 6.07) is 9.89. The third-order valence-electron chi connectivity index (χ3n) is 4.48. The number of fused-ring (bicyclic) bond motifs is 1. The highest BCUT2D eigenvalue weighted by Gasteiger charge is 2.28. The van der Waals surface area contributed by atoms with E-state index in [-0.39, 0.29) is 0 Å². The van der Waals surface area contributed by atoms with E-state index in [1.807, 2.05) is 6.07 Å². The number of thiophene rings is 1. The van der Waals surface area contributed by atoms with Crippen LogP contribution in [0, 0.1) is 0 Å². The van der Waals surface area contributed by atoms with Crippen LogP contribution in [0.1, 0.15) is 51.0 Å². The monoisotopic (exact) mass is 386 g/mol. The van der Waals surface area contributed by atoms with Crippen LogP contribution in [0.25, 0.3) is 0 Å². The van der Waals surface area contributed by atoms with Gasteiger partial charge in [0.05, 0.1) is 0 Å². The summed E-state index contributed by atoms with van der Waals surface area (Å²) in [5, 5.41) is 4.50. The van der Waals surface area contributed by atoms with Gasteiger partial charge in [0.2, 0.25) is 6.10 Å². The van der Waals surface area contributed by atoms with Gasteiger partial charge in [0.1, 0.15) is 4.88 Å². The number of nitrogens with one attached hydrogen (secondary N) is 2. The molecule has 1 atom stereocenters. The Bertz CT molecular complexity index is 808. The molecule has 1 aromatic heterocycles. The van der Waals surface area contributed by atoms with Crippen molar-refractivity contribution in [2.45, 2.75) is 38.2 Å². The maximum atomic E-state index is 12.7. The number of rotatable bonds is 4. The average Bonchev–Trinajstić information content (AvgIpc) is 2.97. The standard InChI is InChI=1S/C20H22N2O4S/c1-21-20(25)22-18(23)17(13-8-4-2-5-9-13)26-19(24)16-12-14-10-6-3-7-11-15(14)27-16/h2,4-5,8-9,12,17H,3,6-7,10-11H2,1H3,(H2,21,22,23,25)/t17-/m1/s1. The van der Waals surface area contributed by atoms with Gasteiger partial charge in [0.15, 0.2) is 0 Å². The molecule has 27 heavy (non-hydrogen) atoms. The maximum Gasteiger partial charge on any atom is 0.349 e. The molecule has 142 valence electrons. The van der Waals surface area contributed by atoms with Crippen molar-refractivity contribution in [1.82, 2.24) is 10.6 Å². The van der Waals surface area contributed by atoms with Gasteiger partial charge in [-0.15, -0.1) is 11.3 Å². The van der Waals surface area contributed by atoms with E-state index in [2.05, 4.69) is 10.6 Å². The largest absolute Gasteiger partial charge is 0.443 e. The van der Waals surface area contributed by atoms with Crippen molar-refractivity contribution >= 4 is 29.2 Å². The molecule has 0 aliphatic heterocycles. The predicted molar refractivity (Wildman–Crippen MR) is 103 cm³/mol. The van der Waals surface area contributed by atoms with Crippen molar-refractivity contribution in [1.29, 1.82) is 0 Å². The number of carbonyl (C=O) groups excluding carboxylic acids is 3. The van der Waals surface area contributed by atoms with E-state index < -0.39 is 24.0 Å².